The number of ether oxygens (including phenoxy) is 1. The zero-order valence-corrected chi connectivity index (χ0v) is 13.3. The van der Waals surface area contributed by atoms with Gasteiger partial charge in [-0.25, -0.2) is 0 Å². The molecule has 0 radical (unpaired) electrons. The van der Waals surface area contributed by atoms with E-state index in [1.54, 1.807) is 6.20 Å². The number of nitrogens with one attached hydrogen (secondary N) is 2. The van der Waals surface area contributed by atoms with Gasteiger partial charge >= 0.3 is 0 Å². The Labute approximate surface area is 135 Å². The number of rotatable bonds is 5. The molecule has 1 aromatic heterocycles. The lowest BCUT2D eigenvalue weighted by molar-refractivity contribution is -0.137. The second kappa shape index (κ2) is 7.39. The molecule has 6 heteroatoms. The second-order valence-electron chi connectivity index (χ2n) is 5.68. The first-order valence-corrected chi connectivity index (χ1v) is 7.89. The summed E-state index contributed by atoms with van der Waals surface area (Å²) in [5.41, 5.74) is 3.06. The highest BCUT2D eigenvalue weighted by Gasteiger charge is 2.26. The maximum absolute atomic E-state index is 12.9. The molecule has 1 atom stereocenters. The van der Waals surface area contributed by atoms with Crippen molar-refractivity contribution < 1.29 is 9.53 Å². The van der Waals surface area contributed by atoms with Crippen LogP contribution in [-0.2, 0) is 16.1 Å². The first-order chi connectivity index (χ1) is 11.3. The number of amides is 1. The number of aromatic amines is 1. The molecule has 1 saturated heterocycles. The summed E-state index contributed by atoms with van der Waals surface area (Å²) >= 11 is 0. The highest BCUT2D eigenvalue weighted by molar-refractivity contribution is 5.83. The average Bonchev–Trinajstić information content (AvgIpc) is 3.02. The fraction of sp³-hybridized carbons (Fsp3) is 0.412. The fourth-order valence-electron chi connectivity index (χ4n) is 2.73. The molecule has 1 fully saturated rings. The van der Waals surface area contributed by atoms with Crippen molar-refractivity contribution in [3.05, 3.63) is 53.3 Å². The summed E-state index contributed by atoms with van der Waals surface area (Å²) in [4.78, 5) is 14.8. The lowest BCUT2D eigenvalue weighted by Gasteiger charge is -2.31. The van der Waals surface area contributed by atoms with E-state index < -0.39 is 0 Å². The minimum absolute atomic E-state index is 0.0978. The van der Waals surface area contributed by atoms with Gasteiger partial charge in [-0.05, 0) is 12.5 Å². The van der Waals surface area contributed by atoms with E-state index in [2.05, 4.69) is 15.5 Å². The van der Waals surface area contributed by atoms with Gasteiger partial charge in [-0.15, -0.1) is 0 Å². The lowest BCUT2D eigenvalue weighted by atomic mass is 10.0. The molecular weight excluding hydrogens is 292 g/mol. The molecule has 0 bridgehead atoms. The monoisotopic (exact) mass is 314 g/mol. The Balaban J connectivity index is 1.76. The number of morpholine rings is 1. The largest absolute Gasteiger partial charge is 0.378 e. The summed E-state index contributed by atoms with van der Waals surface area (Å²) in [6.45, 7) is 5.08. The molecule has 0 unspecified atom stereocenters. The molecular formula is C17H22N4O2. The van der Waals surface area contributed by atoms with E-state index >= 15 is 0 Å². The van der Waals surface area contributed by atoms with Gasteiger partial charge in [0, 0.05) is 30.9 Å². The van der Waals surface area contributed by atoms with Crippen molar-refractivity contribution in [1.29, 1.82) is 0 Å². The zero-order valence-electron chi connectivity index (χ0n) is 13.3. The van der Waals surface area contributed by atoms with Crippen LogP contribution in [0, 0.1) is 6.92 Å². The van der Waals surface area contributed by atoms with E-state index in [1.807, 2.05) is 42.2 Å². The third-order valence-electron chi connectivity index (χ3n) is 4.13. The maximum Gasteiger partial charge on any atom is 0.244 e. The molecule has 0 spiro atoms. The summed E-state index contributed by atoms with van der Waals surface area (Å²) in [6, 6.07) is 9.49. The van der Waals surface area contributed by atoms with Crippen LogP contribution in [0.15, 0.2) is 36.5 Å². The molecule has 1 aliphatic heterocycles. The number of hydrogen-bond donors (Lipinski definition) is 2. The summed E-state index contributed by atoms with van der Waals surface area (Å²) in [7, 11) is 0. The van der Waals surface area contributed by atoms with Crippen LogP contribution in [0.3, 0.4) is 0 Å². The molecule has 2 heterocycles. The Morgan fingerprint density at radius 1 is 1.35 bits per heavy atom. The Bertz CT molecular complexity index is 635. The van der Waals surface area contributed by atoms with Crippen molar-refractivity contribution in [2.24, 2.45) is 0 Å². The first-order valence-electron chi connectivity index (χ1n) is 7.89. The van der Waals surface area contributed by atoms with Crippen molar-refractivity contribution in [3.8, 4) is 0 Å². The number of carbonyl (C=O) groups excluding carboxylic acids is 1. The minimum atomic E-state index is -0.358. The van der Waals surface area contributed by atoms with E-state index in [4.69, 9.17) is 4.74 Å². The molecule has 3 rings (SSSR count). The normalized spacial score (nSPS) is 16.3. The molecule has 6 nitrogen and oxygen atoms in total. The van der Waals surface area contributed by atoms with Crippen molar-refractivity contribution in [3.63, 3.8) is 0 Å². The van der Waals surface area contributed by atoms with Gasteiger partial charge in [-0.3, -0.25) is 15.2 Å². The van der Waals surface area contributed by atoms with Crippen molar-refractivity contribution >= 4 is 5.91 Å². The second-order valence-corrected chi connectivity index (χ2v) is 5.68. The molecule has 122 valence electrons. The van der Waals surface area contributed by atoms with Crippen LogP contribution < -0.4 is 5.32 Å². The predicted molar refractivity (Wildman–Crippen MR) is 86.7 cm³/mol. The standard InChI is InChI=1S/C17H22N4O2/c1-13-15(12-19-20-13)11-18-16(14-5-3-2-4-6-14)17(22)21-7-9-23-10-8-21/h2-6,12,16,18H,7-11H2,1H3,(H,19,20)/t16-/m0/s1. The Morgan fingerprint density at radius 2 is 2.09 bits per heavy atom. The van der Waals surface area contributed by atoms with Crippen molar-refractivity contribution in [2.45, 2.75) is 19.5 Å². The quantitative estimate of drug-likeness (QED) is 0.875. The highest BCUT2D eigenvalue weighted by Crippen LogP contribution is 2.18. The minimum Gasteiger partial charge on any atom is -0.378 e. The van der Waals surface area contributed by atoms with Crippen molar-refractivity contribution in [1.82, 2.24) is 20.4 Å². The summed E-state index contributed by atoms with van der Waals surface area (Å²) in [6.07, 6.45) is 1.80. The summed E-state index contributed by atoms with van der Waals surface area (Å²) in [5.74, 6) is 0.0978. The molecule has 23 heavy (non-hydrogen) atoms. The van der Waals surface area contributed by atoms with Gasteiger partial charge in [0.2, 0.25) is 5.91 Å². The van der Waals surface area contributed by atoms with Gasteiger partial charge in [0.25, 0.3) is 0 Å². The number of nitrogens with zero attached hydrogens (tertiary/aromatic N) is 2. The van der Waals surface area contributed by atoms with Gasteiger partial charge in [-0.1, -0.05) is 30.3 Å². The van der Waals surface area contributed by atoms with E-state index in [9.17, 15) is 4.79 Å². The Morgan fingerprint density at radius 3 is 2.74 bits per heavy atom. The van der Waals surface area contributed by atoms with E-state index in [0.29, 0.717) is 32.8 Å². The predicted octanol–water partition coefficient (Wildman–Crippen LogP) is 1.41. The Kier molecular flexibility index (Phi) is 5.05. The lowest BCUT2D eigenvalue weighted by Crippen LogP contribution is -2.46. The third kappa shape index (κ3) is 3.78. The topological polar surface area (TPSA) is 70.2 Å². The molecule has 2 aromatic rings. The third-order valence-corrected chi connectivity index (χ3v) is 4.13. The number of aromatic nitrogens is 2. The SMILES string of the molecule is Cc1[nH]ncc1CN[C@H](C(=O)N1CCOCC1)c1ccccc1. The summed E-state index contributed by atoms with van der Waals surface area (Å²) < 4.78 is 5.34. The molecule has 0 saturated carbocycles. The highest BCUT2D eigenvalue weighted by atomic mass is 16.5. The number of H-pyrrole nitrogens is 1. The van der Waals surface area contributed by atoms with Crippen molar-refractivity contribution in [2.75, 3.05) is 26.3 Å². The fourth-order valence-corrected chi connectivity index (χ4v) is 2.73. The maximum atomic E-state index is 12.9. The van der Waals surface area contributed by atoms with Crippen LogP contribution in [0.25, 0.3) is 0 Å². The first kappa shape index (κ1) is 15.7. The van der Waals surface area contributed by atoms with Gasteiger partial charge in [0.05, 0.1) is 19.4 Å². The van der Waals surface area contributed by atoms with Crippen LogP contribution in [-0.4, -0.2) is 47.3 Å². The molecule has 2 N–H and O–H groups in total. The van der Waals surface area contributed by atoms with Crippen LogP contribution in [0.1, 0.15) is 22.9 Å². The number of carbonyl (C=O) groups is 1. The van der Waals surface area contributed by atoms with E-state index in [-0.39, 0.29) is 11.9 Å². The molecule has 0 aliphatic carbocycles. The van der Waals surface area contributed by atoms with Crippen LogP contribution in [0.5, 0.6) is 0 Å². The van der Waals surface area contributed by atoms with E-state index in [1.165, 1.54) is 0 Å². The van der Waals surface area contributed by atoms with Gasteiger partial charge in [0.1, 0.15) is 6.04 Å². The van der Waals surface area contributed by atoms with Gasteiger partial charge in [-0.2, -0.15) is 5.10 Å². The average molecular weight is 314 g/mol. The van der Waals surface area contributed by atoms with Crippen LogP contribution in [0.4, 0.5) is 0 Å². The molecule has 1 aromatic carbocycles. The summed E-state index contributed by atoms with van der Waals surface area (Å²) in [5, 5.41) is 10.3. The smallest absolute Gasteiger partial charge is 0.244 e. The molecule has 1 aliphatic rings. The van der Waals surface area contributed by atoms with Gasteiger partial charge in [0.15, 0.2) is 0 Å². The zero-order chi connectivity index (χ0) is 16.1. The van der Waals surface area contributed by atoms with Gasteiger partial charge < -0.3 is 9.64 Å². The number of hydrogen-bond acceptors (Lipinski definition) is 4. The Hall–Kier alpha value is -2.18. The number of benzene rings is 1. The van der Waals surface area contributed by atoms with Crippen LogP contribution >= 0.6 is 0 Å². The molecule has 1 amide bonds. The van der Waals surface area contributed by atoms with E-state index in [0.717, 1.165) is 16.8 Å². The van der Waals surface area contributed by atoms with Crippen LogP contribution in [0.2, 0.25) is 0 Å². The number of aryl methyl sites for hydroxylation is 1.